The lowest BCUT2D eigenvalue weighted by Crippen LogP contribution is -2.48. The molecule has 0 fully saturated rings. The number of rotatable bonds is 10. The molecule has 1 aliphatic heterocycles. The van der Waals surface area contributed by atoms with Crippen molar-refractivity contribution in [3.8, 4) is 5.75 Å². The maximum atomic E-state index is 14.2. The van der Waals surface area contributed by atoms with Crippen LogP contribution >= 0.6 is 0 Å². The molecule has 1 heterocycles. The number of likely N-dealkylation sites (N-methyl/N-ethyl adjacent to an activating group) is 1. The first-order valence-corrected chi connectivity index (χ1v) is 15.6. The van der Waals surface area contributed by atoms with Gasteiger partial charge in [0, 0.05) is 50.8 Å². The fourth-order valence-electron chi connectivity index (χ4n) is 5.00. The average Bonchev–Trinajstić information content (AvgIpc) is 2.93. The van der Waals surface area contributed by atoms with Crippen molar-refractivity contribution >= 4 is 23.5 Å². The van der Waals surface area contributed by atoms with Gasteiger partial charge in [-0.1, -0.05) is 6.92 Å². The highest BCUT2D eigenvalue weighted by atomic mass is 16.5. The molecule has 1 aromatic carbocycles. The Labute approximate surface area is 258 Å². The second-order valence-electron chi connectivity index (χ2n) is 12.4. The number of aliphatic hydroxyl groups is 1. The van der Waals surface area contributed by atoms with E-state index in [1.807, 2.05) is 41.8 Å². The Morgan fingerprint density at radius 2 is 1.86 bits per heavy atom. The van der Waals surface area contributed by atoms with E-state index in [1.54, 1.807) is 42.0 Å². The first-order chi connectivity index (χ1) is 20.3. The van der Waals surface area contributed by atoms with Crippen LogP contribution in [-0.2, 0) is 9.53 Å². The summed E-state index contributed by atoms with van der Waals surface area (Å²) >= 11 is 0. The predicted octanol–water partition coefficient (Wildman–Crippen LogP) is 3.81. The van der Waals surface area contributed by atoms with Crippen molar-refractivity contribution in [1.82, 2.24) is 20.0 Å². The van der Waals surface area contributed by atoms with Gasteiger partial charge in [0.25, 0.3) is 5.91 Å². The lowest BCUT2D eigenvalue weighted by molar-refractivity contribution is -0.132. The Morgan fingerprint density at radius 1 is 1.14 bits per heavy atom. The van der Waals surface area contributed by atoms with Crippen molar-refractivity contribution in [2.75, 3.05) is 59.3 Å². The Bertz CT molecular complexity index is 1040. The van der Waals surface area contributed by atoms with Crippen molar-refractivity contribution in [2.45, 2.75) is 91.0 Å². The van der Waals surface area contributed by atoms with E-state index in [0.717, 1.165) is 32.2 Å². The molecule has 0 saturated heterocycles. The number of ether oxygens (including phenoxy) is 2. The number of carbonyl (C=O) groups is 3. The summed E-state index contributed by atoms with van der Waals surface area (Å²) in [5, 5.41) is 15.7. The lowest BCUT2D eigenvalue weighted by Gasteiger charge is -2.36. The number of fused-ring (bicyclic) bond motifs is 1. The fourth-order valence-corrected chi connectivity index (χ4v) is 5.00. The number of carbonyl (C=O) groups excluding carboxylic acids is 3. The summed E-state index contributed by atoms with van der Waals surface area (Å²) < 4.78 is 12.6. The molecule has 2 rings (SSSR count). The van der Waals surface area contributed by atoms with Gasteiger partial charge in [0.1, 0.15) is 5.75 Å². The summed E-state index contributed by atoms with van der Waals surface area (Å²) in [7, 11) is 5.79. The van der Waals surface area contributed by atoms with Gasteiger partial charge in [0.05, 0.1) is 30.4 Å². The van der Waals surface area contributed by atoms with Crippen molar-refractivity contribution in [3.63, 3.8) is 0 Å². The van der Waals surface area contributed by atoms with Crippen molar-refractivity contribution in [3.05, 3.63) is 23.8 Å². The van der Waals surface area contributed by atoms with Gasteiger partial charge >= 0.3 is 6.03 Å². The van der Waals surface area contributed by atoms with Crippen LogP contribution in [0, 0.1) is 5.92 Å². The first kappa shape index (κ1) is 36.3. The highest BCUT2D eigenvalue weighted by Gasteiger charge is 2.31. The predicted molar refractivity (Wildman–Crippen MR) is 170 cm³/mol. The Hall–Kier alpha value is -2.89. The number of hydrogen-bond acceptors (Lipinski definition) is 7. The monoisotopic (exact) mass is 605 g/mol. The number of urea groups is 1. The summed E-state index contributed by atoms with van der Waals surface area (Å²) in [4.78, 5) is 44.9. The number of hydrogen-bond donors (Lipinski definition) is 3. The van der Waals surface area contributed by atoms with Crippen LogP contribution in [0.15, 0.2) is 18.2 Å². The second-order valence-corrected chi connectivity index (χ2v) is 12.4. The SMILES string of the molecule is CC(C)NC(=O)Nc1ccc2c(c1)C(=O)N([C@H](C)CO)C[C@H](C)[C@@H](CN(C)C(=O)CCCN(C)C)OCCCC[C@H](C)O2. The number of aliphatic hydroxyl groups excluding tert-OH is 1. The van der Waals surface area contributed by atoms with Crippen LogP contribution in [0.25, 0.3) is 0 Å². The van der Waals surface area contributed by atoms with Crippen LogP contribution in [0.3, 0.4) is 0 Å². The van der Waals surface area contributed by atoms with Gasteiger partial charge in [-0.15, -0.1) is 0 Å². The third-order valence-electron chi connectivity index (χ3n) is 7.60. The number of nitrogens with zero attached hydrogens (tertiary/aromatic N) is 3. The van der Waals surface area contributed by atoms with E-state index in [-0.39, 0.29) is 48.6 Å². The minimum absolute atomic E-state index is 0.0481. The van der Waals surface area contributed by atoms with Crippen LogP contribution in [0.5, 0.6) is 5.75 Å². The van der Waals surface area contributed by atoms with Crippen molar-refractivity contribution < 1.29 is 29.0 Å². The minimum Gasteiger partial charge on any atom is -0.490 e. The van der Waals surface area contributed by atoms with Gasteiger partial charge in [-0.05, 0) is 92.2 Å². The van der Waals surface area contributed by atoms with Crippen molar-refractivity contribution in [1.29, 1.82) is 0 Å². The van der Waals surface area contributed by atoms with Gasteiger partial charge in [0.15, 0.2) is 0 Å². The highest BCUT2D eigenvalue weighted by molar-refractivity contribution is 5.99. The van der Waals surface area contributed by atoms with Crippen LogP contribution < -0.4 is 15.4 Å². The summed E-state index contributed by atoms with van der Waals surface area (Å²) in [5.74, 6) is 0.0462. The average molecular weight is 606 g/mol. The molecule has 244 valence electrons. The van der Waals surface area contributed by atoms with E-state index in [1.165, 1.54) is 0 Å². The topological polar surface area (TPSA) is 124 Å². The molecule has 1 aliphatic rings. The van der Waals surface area contributed by atoms with E-state index in [4.69, 9.17) is 9.47 Å². The van der Waals surface area contributed by atoms with Crippen LogP contribution in [0.2, 0.25) is 0 Å². The van der Waals surface area contributed by atoms with Crippen LogP contribution in [-0.4, -0.2) is 116 Å². The maximum Gasteiger partial charge on any atom is 0.319 e. The highest BCUT2D eigenvalue weighted by Crippen LogP contribution is 2.28. The van der Waals surface area contributed by atoms with E-state index < -0.39 is 6.04 Å². The minimum atomic E-state index is -0.486. The Kier molecular flexibility index (Phi) is 15.2. The van der Waals surface area contributed by atoms with E-state index in [9.17, 15) is 19.5 Å². The molecular formula is C32H55N5O6. The standard InChI is InChI=1S/C32H55N5O6/c1-22(2)33-32(41)34-26-14-15-28-27(18-26)31(40)37(24(4)21-38)19-23(3)29(42-17-10-9-12-25(5)43-28)20-36(8)30(39)13-11-16-35(6)7/h14-15,18,22-25,29,38H,9-13,16-17,19-21H2,1-8H3,(H2,33,34,41)/t23-,24+,25-,29+/m0/s1. The molecule has 3 N–H and O–H groups in total. The molecule has 0 aliphatic carbocycles. The molecule has 0 saturated carbocycles. The zero-order chi connectivity index (χ0) is 32.1. The Morgan fingerprint density at radius 3 is 2.51 bits per heavy atom. The zero-order valence-electron chi connectivity index (χ0n) is 27.5. The molecular weight excluding hydrogens is 550 g/mol. The quantitative estimate of drug-likeness (QED) is 0.371. The van der Waals surface area contributed by atoms with Gasteiger partial charge in [-0.3, -0.25) is 9.59 Å². The molecule has 4 atom stereocenters. The summed E-state index contributed by atoms with van der Waals surface area (Å²) in [6.07, 6.45) is 3.29. The smallest absolute Gasteiger partial charge is 0.319 e. The summed E-state index contributed by atoms with van der Waals surface area (Å²) in [6, 6.07) is 4.17. The van der Waals surface area contributed by atoms with Crippen LogP contribution in [0.4, 0.5) is 10.5 Å². The number of amides is 4. The molecule has 0 bridgehead atoms. The molecule has 0 spiro atoms. The fraction of sp³-hybridized carbons (Fsp3) is 0.719. The lowest BCUT2D eigenvalue weighted by atomic mass is 10.0. The molecule has 0 aromatic heterocycles. The van der Waals surface area contributed by atoms with Crippen LogP contribution in [0.1, 0.15) is 77.1 Å². The number of benzene rings is 1. The number of anilines is 1. The van der Waals surface area contributed by atoms with Gasteiger partial charge in [-0.2, -0.15) is 0 Å². The Balaban J connectivity index is 2.38. The normalized spacial score (nSPS) is 21.0. The second kappa shape index (κ2) is 18.0. The van der Waals surface area contributed by atoms with Gasteiger partial charge < -0.3 is 39.9 Å². The molecule has 0 unspecified atom stereocenters. The third-order valence-corrected chi connectivity index (χ3v) is 7.60. The van der Waals surface area contributed by atoms with Gasteiger partial charge in [-0.25, -0.2) is 4.79 Å². The summed E-state index contributed by atoms with van der Waals surface area (Å²) in [5.41, 5.74) is 0.771. The van der Waals surface area contributed by atoms with Crippen molar-refractivity contribution in [2.24, 2.45) is 5.92 Å². The zero-order valence-corrected chi connectivity index (χ0v) is 27.5. The molecule has 4 amide bonds. The number of nitrogens with one attached hydrogen (secondary N) is 2. The largest absolute Gasteiger partial charge is 0.490 e. The molecule has 0 radical (unpaired) electrons. The summed E-state index contributed by atoms with van der Waals surface area (Å²) in [6.45, 7) is 11.4. The van der Waals surface area contributed by atoms with Gasteiger partial charge in [0.2, 0.25) is 5.91 Å². The molecule has 1 aromatic rings. The molecule has 43 heavy (non-hydrogen) atoms. The van der Waals surface area contributed by atoms with E-state index in [0.29, 0.717) is 43.1 Å². The maximum absolute atomic E-state index is 14.2. The first-order valence-electron chi connectivity index (χ1n) is 15.6. The molecule has 11 heteroatoms. The molecule has 11 nitrogen and oxygen atoms in total. The van der Waals surface area contributed by atoms with E-state index >= 15 is 0 Å². The van der Waals surface area contributed by atoms with E-state index in [2.05, 4.69) is 15.5 Å². The third kappa shape index (κ3) is 12.3.